The zero-order valence-corrected chi connectivity index (χ0v) is 12.7. The Hall–Kier alpha value is -1.22. The smallest absolute Gasteiger partial charge is 0.289 e. The first-order valence-corrected chi connectivity index (χ1v) is 6.73. The van der Waals surface area contributed by atoms with Gasteiger partial charge >= 0.3 is 0 Å². The van der Waals surface area contributed by atoms with E-state index in [0.717, 1.165) is 8.24 Å². The van der Waals surface area contributed by atoms with Crippen LogP contribution < -0.4 is 5.43 Å². The molecular formula is C11H7BrIN3O2. The molecule has 92 valence electrons. The average Bonchev–Trinajstić information content (AvgIpc) is 2.69. The van der Waals surface area contributed by atoms with Gasteiger partial charge in [0, 0.05) is 34.9 Å². The molecule has 0 aliphatic heterocycles. The third-order valence-corrected chi connectivity index (χ3v) is 4.05. The van der Waals surface area contributed by atoms with Crippen molar-refractivity contribution in [3.63, 3.8) is 0 Å². The van der Waals surface area contributed by atoms with Crippen molar-refractivity contribution in [2.75, 3.05) is 0 Å². The maximum Gasteiger partial charge on any atom is 0.289 e. The Labute approximate surface area is 125 Å². The molecule has 0 atom stereocenters. The molecule has 2 heterocycles. The number of carbonyl (C=O) groups is 1. The van der Waals surface area contributed by atoms with E-state index in [1.165, 1.54) is 6.21 Å². The first-order chi connectivity index (χ1) is 8.66. The molecule has 0 aliphatic rings. The second-order valence-electron chi connectivity index (χ2n) is 3.18. The number of pyridine rings is 1. The van der Waals surface area contributed by atoms with Crippen LogP contribution in [0.25, 0.3) is 0 Å². The van der Waals surface area contributed by atoms with Gasteiger partial charge in [-0.3, -0.25) is 9.78 Å². The fraction of sp³-hybridized carbons (Fsp3) is 0. The maximum absolute atomic E-state index is 11.6. The van der Waals surface area contributed by atoms with Crippen LogP contribution in [0.1, 0.15) is 16.2 Å². The van der Waals surface area contributed by atoms with E-state index in [1.807, 2.05) is 22.6 Å². The monoisotopic (exact) mass is 419 g/mol. The Balaban J connectivity index is 1.98. The van der Waals surface area contributed by atoms with Gasteiger partial charge in [-0.2, -0.15) is 5.10 Å². The van der Waals surface area contributed by atoms with Gasteiger partial charge in [-0.1, -0.05) is 6.07 Å². The van der Waals surface area contributed by atoms with E-state index < -0.39 is 0 Å². The van der Waals surface area contributed by atoms with Crippen LogP contribution in [0.3, 0.4) is 0 Å². The summed E-state index contributed by atoms with van der Waals surface area (Å²) in [6.45, 7) is 0. The number of hydrogen-bond donors (Lipinski definition) is 1. The molecule has 0 saturated heterocycles. The molecule has 1 N–H and O–H groups in total. The minimum Gasteiger partial charge on any atom is -0.448 e. The molecule has 0 bridgehead atoms. The first kappa shape index (κ1) is 13.2. The van der Waals surface area contributed by atoms with Gasteiger partial charge < -0.3 is 4.42 Å². The summed E-state index contributed by atoms with van der Waals surface area (Å²) >= 11 is 5.36. The number of hydrazone groups is 1. The van der Waals surface area contributed by atoms with E-state index in [9.17, 15) is 4.79 Å². The van der Waals surface area contributed by atoms with Crippen LogP contribution in [-0.2, 0) is 0 Å². The van der Waals surface area contributed by atoms with E-state index in [2.05, 4.69) is 31.4 Å². The molecule has 2 aromatic rings. The van der Waals surface area contributed by atoms with Crippen molar-refractivity contribution in [3.8, 4) is 0 Å². The number of furan rings is 1. The number of hydrogen-bond acceptors (Lipinski definition) is 4. The molecule has 1 amide bonds. The van der Waals surface area contributed by atoms with Gasteiger partial charge in [-0.05, 0) is 28.1 Å². The largest absolute Gasteiger partial charge is 0.448 e. The summed E-state index contributed by atoms with van der Waals surface area (Å²) in [4.78, 5) is 15.5. The number of aromatic nitrogens is 1. The number of rotatable bonds is 3. The Bertz CT molecular complexity index is 564. The Morgan fingerprint density at radius 2 is 2.39 bits per heavy atom. The van der Waals surface area contributed by atoms with Gasteiger partial charge in [0.25, 0.3) is 5.91 Å². The van der Waals surface area contributed by atoms with Crippen molar-refractivity contribution >= 4 is 50.6 Å². The molecule has 0 aliphatic carbocycles. The number of nitrogens with one attached hydrogen (secondary N) is 1. The lowest BCUT2D eigenvalue weighted by molar-refractivity contribution is 0.0950. The van der Waals surface area contributed by atoms with Crippen molar-refractivity contribution in [2.24, 2.45) is 5.10 Å². The predicted octanol–water partition coefficient (Wildman–Crippen LogP) is 2.81. The van der Waals surface area contributed by atoms with Crippen LogP contribution in [0.2, 0.25) is 0 Å². The molecule has 2 aromatic heterocycles. The fourth-order valence-corrected chi connectivity index (χ4v) is 1.85. The van der Waals surface area contributed by atoms with Gasteiger partial charge in [0.05, 0.1) is 10.7 Å². The predicted molar refractivity (Wildman–Crippen MR) is 78.4 cm³/mol. The second-order valence-corrected chi connectivity index (χ2v) is 5.02. The average molecular weight is 420 g/mol. The van der Waals surface area contributed by atoms with Crippen molar-refractivity contribution < 1.29 is 9.21 Å². The van der Waals surface area contributed by atoms with E-state index in [0.29, 0.717) is 11.5 Å². The molecule has 0 aromatic carbocycles. The highest BCUT2D eigenvalue weighted by molar-refractivity contribution is 14.1. The second kappa shape index (κ2) is 6.10. The van der Waals surface area contributed by atoms with Crippen LogP contribution in [0.15, 0.2) is 44.5 Å². The van der Waals surface area contributed by atoms with E-state index in [1.54, 1.807) is 30.5 Å². The maximum atomic E-state index is 11.6. The molecule has 0 saturated carbocycles. The van der Waals surface area contributed by atoms with Crippen molar-refractivity contribution in [1.82, 2.24) is 10.4 Å². The minimum absolute atomic E-state index is 0.310. The van der Waals surface area contributed by atoms with Gasteiger partial charge in [0.15, 0.2) is 3.77 Å². The van der Waals surface area contributed by atoms with Crippen molar-refractivity contribution in [3.05, 3.63) is 50.2 Å². The molecule has 0 spiro atoms. The van der Waals surface area contributed by atoms with Gasteiger partial charge in [0.1, 0.15) is 11.5 Å². The summed E-state index contributed by atoms with van der Waals surface area (Å²) in [5.74, 6) is 0.180. The van der Waals surface area contributed by atoms with Crippen LogP contribution in [-0.4, -0.2) is 17.1 Å². The topological polar surface area (TPSA) is 67.5 Å². The van der Waals surface area contributed by atoms with Crippen LogP contribution in [0, 0.1) is 3.77 Å². The summed E-state index contributed by atoms with van der Waals surface area (Å²) < 4.78 is 6.90. The van der Waals surface area contributed by atoms with Crippen LogP contribution >= 0.6 is 38.5 Å². The number of carbonyl (C=O) groups excluding carboxylic acids is 1. The molecule has 0 radical (unpaired) electrons. The molecule has 0 fully saturated rings. The summed E-state index contributed by atoms with van der Waals surface area (Å²) in [6, 6.07) is 6.84. The number of halogens is 2. The number of amides is 1. The zero-order valence-electron chi connectivity index (χ0n) is 8.93. The summed E-state index contributed by atoms with van der Waals surface area (Å²) in [6.07, 6.45) is 2.97. The molecular weight excluding hydrogens is 413 g/mol. The highest BCUT2D eigenvalue weighted by Crippen LogP contribution is 2.21. The molecule has 2 rings (SSSR count). The van der Waals surface area contributed by atoms with Crippen LogP contribution in [0.4, 0.5) is 0 Å². The van der Waals surface area contributed by atoms with Gasteiger partial charge in [-0.15, -0.1) is 0 Å². The van der Waals surface area contributed by atoms with E-state index >= 15 is 0 Å². The molecule has 18 heavy (non-hydrogen) atoms. The molecule has 0 unspecified atom stereocenters. The SMILES string of the molecule is O=C(N/N=C\c1cc(Br)c(I)o1)c1ccccn1. The van der Waals surface area contributed by atoms with Gasteiger partial charge in [0.2, 0.25) is 0 Å². The summed E-state index contributed by atoms with van der Waals surface area (Å²) in [7, 11) is 0. The highest BCUT2D eigenvalue weighted by Gasteiger charge is 2.05. The summed E-state index contributed by atoms with van der Waals surface area (Å²) in [5, 5.41) is 3.79. The lowest BCUT2D eigenvalue weighted by atomic mass is 10.3. The third kappa shape index (κ3) is 3.39. The number of nitrogens with zero attached hydrogens (tertiary/aromatic N) is 2. The Kier molecular flexibility index (Phi) is 4.48. The lowest BCUT2D eigenvalue weighted by Crippen LogP contribution is -2.18. The highest BCUT2D eigenvalue weighted by atomic mass is 127. The third-order valence-electron chi connectivity index (χ3n) is 1.92. The Morgan fingerprint density at radius 3 is 3.00 bits per heavy atom. The first-order valence-electron chi connectivity index (χ1n) is 4.86. The van der Waals surface area contributed by atoms with Crippen molar-refractivity contribution in [2.45, 2.75) is 0 Å². The molecule has 5 nitrogen and oxygen atoms in total. The lowest BCUT2D eigenvalue weighted by Gasteiger charge is -1.96. The molecule has 7 heteroatoms. The Morgan fingerprint density at radius 1 is 1.56 bits per heavy atom. The van der Waals surface area contributed by atoms with Crippen molar-refractivity contribution in [1.29, 1.82) is 0 Å². The fourth-order valence-electron chi connectivity index (χ4n) is 1.14. The minimum atomic E-state index is -0.368. The van der Waals surface area contributed by atoms with Crippen LogP contribution in [0.5, 0.6) is 0 Å². The standard InChI is InChI=1S/C11H7BrIN3O2/c12-8-5-7(18-10(8)13)6-15-16-11(17)9-3-1-2-4-14-9/h1-6H,(H,16,17)/b15-6-. The zero-order chi connectivity index (χ0) is 13.0. The quantitative estimate of drug-likeness (QED) is 0.472. The van der Waals surface area contributed by atoms with E-state index in [-0.39, 0.29) is 5.91 Å². The summed E-state index contributed by atoms with van der Waals surface area (Å²) in [5.41, 5.74) is 2.68. The normalized spacial score (nSPS) is 10.8. The van der Waals surface area contributed by atoms with E-state index in [4.69, 9.17) is 4.42 Å². The van der Waals surface area contributed by atoms with Gasteiger partial charge in [-0.25, -0.2) is 5.43 Å².